The van der Waals surface area contributed by atoms with Crippen LogP contribution in [-0.2, 0) is 68.5 Å². The van der Waals surface area contributed by atoms with Gasteiger partial charge in [0.2, 0.25) is 47.5 Å². The van der Waals surface area contributed by atoms with Gasteiger partial charge in [-0.1, -0.05) is 80.9 Å². The van der Waals surface area contributed by atoms with Gasteiger partial charge in [0.25, 0.3) is 0 Å². The molecular weight excluding hydrogens is 1700 g/mol. The standard InChI is InChI=1S/C87H98Cl2N8O29.CH4/c1-36(2)22-51(92-5)82(114)96-68-54(102)27-43(30-62(90)104)80(112)94-66-42-28-59(120-56-19-16-40(70(68)105)25-49(56)88)77(125-86-75(110)73(108)78(61(35-98)123-86)126-85-74(109)72(107)71(106)58(122-85)13-9-11-38-10-8-12-45(23-38)119-63-14-6-7-21-93-63)60(29-42)121-57-20-17-41(26-50(57)89)76(124-64-34-87(4,91)79(111)37(3)118-64)69-83(115)95-67(84(116)117)48-31-44(99)32-53(101)65(48)47-24-39(15-18-52(47)100)46(33-55(66)103)81(113)97-69;/h6-8,10,12,14-21,23-26,28-29,31-32,36-37,43,46,51,58,61,64,66-76,78-79,85-86,92,98-101,105-111H,9,11,13,22,27,30,33-35,91H2,1-5H3,(H2,90,104)(H,94,112)(H,95,115)(H,96,114)(H,97,113)(H,116,117);1H4/t37-,43-,46+,51+,58+,61+,64?,66+,67+,68?,69-,70+,71-,72-,73+,74+,75+,76+,78+,79-,85-,86-,87-;/m0./s1. The number of nitrogens with one attached hydrogen (secondary N) is 5. The number of aliphatic carboxylic acids is 1. The molecule has 8 aliphatic heterocycles. The molecule has 682 valence electrons. The number of nitrogens with zero attached hydrogens (tertiary/aromatic N) is 1. The number of fused-ring (bicyclic) bond motifs is 15. The van der Waals surface area contributed by atoms with Gasteiger partial charge in [0, 0.05) is 66.2 Å². The summed E-state index contributed by atoms with van der Waals surface area (Å²) in [5.74, 6) is -18.5. The third-order valence-electron chi connectivity index (χ3n) is 23.0. The first kappa shape index (κ1) is 95.3. The number of hydrogen-bond donors (Lipinski definition) is 19. The van der Waals surface area contributed by atoms with E-state index in [1.807, 2.05) is 19.9 Å². The number of likely N-dealkylation sites (N-methyl/N-ethyl adjacent to an activating group) is 1. The highest BCUT2D eigenvalue weighted by molar-refractivity contribution is 6.32. The normalized spacial score (nSPS) is 29.5. The number of aromatic nitrogens is 1. The molecule has 1 aromatic heterocycles. The molecule has 11 bridgehead atoms. The van der Waals surface area contributed by atoms with Gasteiger partial charge in [-0.3, -0.25) is 33.6 Å². The number of hydrogen-bond acceptors (Lipinski definition) is 31. The molecule has 8 aliphatic rings. The number of aliphatic hydroxyl groups excluding tert-OH is 8. The lowest BCUT2D eigenvalue weighted by molar-refractivity contribution is -0.351. The molecule has 3 saturated heterocycles. The molecule has 23 atom stereocenters. The van der Waals surface area contributed by atoms with Crippen LogP contribution in [0.1, 0.15) is 144 Å². The van der Waals surface area contributed by atoms with E-state index in [4.69, 9.17) is 77.3 Å². The van der Waals surface area contributed by atoms with E-state index < -0.39 is 280 Å². The topological polar surface area (TPSA) is 587 Å². The van der Waals surface area contributed by atoms with Crippen molar-refractivity contribution in [2.75, 3.05) is 13.7 Å². The minimum Gasteiger partial charge on any atom is -0.508 e. The maximum atomic E-state index is 16.6. The summed E-state index contributed by atoms with van der Waals surface area (Å²) < 4.78 is 57.4. The number of ether oxygens (including phenoxy) is 9. The summed E-state index contributed by atoms with van der Waals surface area (Å²) in [5, 5.41) is 152. The zero-order chi connectivity index (χ0) is 90.8. The lowest BCUT2D eigenvalue weighted by Gasteiger charge is -2.46. The van der Waals surface area contributed by atoms with Gasteiger partial charge < -0.3 is 142 Å². The number of pyridine rings is 1. The second-order valence-corrected chi connectivity index (χ2v) is 33.6. The summed E-state index contributed by atoms with van der Waals surface area (Å²) in [6.45, 7) is 5.50. The molecule has 0 saturated carbocycles. The molecule has 3 fully saturated rings. The zero-order valence-corrected chi connectivity index (χ0v) is 69.9. The Bertz CT molecular complexity index is 5230. The van der Waals surface area contributed by atoms with Crippen molar-refractivity contribution in [3.8, 4) is 68.8 Å². The fourth-order valence-electron chi connectivity index (χ4n) is 16.4. The van der Waals surface area contributed by atoms with E-state index in [9.17, 15) is 75.7 Å². The molecular formula is C88H102Cl2N8O29. The first-order chi connectivity index (χ1) is 59.9. The van der Waals surface area contributed by atoms with E-state index >= 15 is 24.0 Å². The molecule has 7 aromatic rings. The van der Waals surface area contributed by atoms with Crippen LogP contribution in [0.5, 0.6) is 57.6 Å². The maximum Gasteiger partial charge on any atom is 0.330 e. The Hall–Kier alpha value is -10.8. The van der Waals surface area contributed by atoms with Crippen LogP contribution in [-0.4, -0.2) is 231 Å². The number of benzene rings is 6. The smallest absolute Gasteiger partial charge is 0.330 e. The number of carbonyl (C=O) groups is 8. The Balaban J connectivity index is 0.0000146. The van der Waals surface area contributed by atoms with Crippen LogP contribution in [0.15, 0.2) is 128 Å². The lowest BCUT2D eigenvalue weighted by Crippen LogP contribution is -2.64. The number of nitrogens with two attached hydrogens (primary N) is 2. The number of Topliss-reactive ketones (excluding diaryl/α,β-unsaturated/α-hetero) is 2. The number of carbonyl (C=O) groups excluding carboxylic acids is 7. The second kappa shape index (κ2) is 40.3. The van der Waals surface area contributed by atoms with E-state index in [-0.39, 0.29) is 60.1 Å². The van der Waals surface area contributed by atoms with Crippen molar-refractivity contribution in [2.24, 2.45) is 23.3 Å². The Kier molecular flexibility index (Phi) is 30.2. The van der Waals surface area contributed by atoms with Crippen LogP contribution in [0.25, 0.3) is 11.1 Å². The number of ketones is 2. The Labute approximate surface area is 737 Å². The van der Waals surface area contributed by atoms with E-state index in [0.29, 0.717) is 24.5 Å². The highest BCUT2D eigenvalue weighted by atomic mass is 35.5. The van der Waals surface area contributed by atoms with Crippen molar-refractivity contribution in [3.05, 3.63) is 171 Å². The van der Waals surface area contributed by atoms with Crippen LogP contribution in [0.2, 0.25) is 10.0 Å². The Morgan fingerprint density at radius 3 is 2.02 bits per heavy atom. The number of aromatic hydroxyl groups is 3. The van der Waals surface area contributed by atoms with E-state index in [1.54, 1.807) is 42.6 Å². The maximum absolute atomic E-state index is 16.6. The number of aryl methyl sites for hydroxylation is 1. The van der Waals surface area contributed by atoms with Crippen LogP contribution in [0.3, 0.4) is 0 Å². The monoisotopic (exact) mass is 1800 g/mol. The van der Waals surface area contributed by atoms with Gasteiger partial charge >= 0.3 is 5.97 Å². The molecule has 21 N–H and O–H groups in total. The predicted octanol–water partition coefficient (Wildman–Crippen LogP) is 4.76. The fraction of sp³-hybridized carbons (Fsp3) is 0.443. The average molecular weight is 1810 g/mol. The van der Waals surface area contributed by atoms with Crippen molar-refractivity contribution in [3.63, 3.8) is 0 Å². The quantitative estimate of drug-likeness (QED) is 0.0461. The summed E-state index contributed by atoms with van der Waals surface area (Å²) >= 11 is 14.5. The third kappa shape index (κ3) is 21.3. The summed E-state index contributed by atoms with van der Waals surface area (Å²) in [6, 6.07) is 16.7. The third-order valence-corrected chi connectivity index (χ3v) is 23.6. The van der Waals surface area contributed by atoms with Gasteiger partial charge in [-0.15, -0.1) is 0 Å². The molecule has 9 heterocycles. The van der Waals surface area contributed by atoms with Crippen molar-refractivity contribution < 1.29 is 142 Å². The van der Waals surface area contributed by atoms with Crippen LogP contribution in [0, 0.1) is 11.8 Å². The van der Waals surface area contributed by atoms with Crippen molar-refractivity contribution >= 4 is 70.3 Å². The fourth-order valence-corrected chi connectivity index (χ4v) is 16.8. The first-order valence-electron chi connectivity index (χ1n) is 40.6. The van der Waals surface area contributed by atoms with Crippen LogP contribution >= 0.6 is 23.2 Å². The van der Waals surface area contributed by atoms with E-state index in [0.717, 1.165) is 60.2 Å². The zero-order valence-electron chi connectivity index (χ0n) is 68.4. The van der Waals surface area contributed by atoms with Gasteiger partial charge in [0.05, 0.1) is 52.8 Å². The van der Waals surface area contributed by atoms with E-state index in [2.05, 4.69) is 31.6 Å². The number of rotatable bonds is 21. The number of primary amides is 1. The van der Waals surface area contributed by atoms with Gasteiger partial charge in [0.15, 0.2) is 41.7 Å². The van der Waals surface area contributed by atoms with Gasteiger partial charge in [-0.05, 0) is 153 Å². The number of phenols is 3. The number of amides is 5. The van der Waals surface area contributed by atoms with Crippen molar-refractivity contribution in [1.29, 1.82) is 0 Å². The van der Waals surface area contributed by atoms with Crippen LogP contribution in [0.4, 0.5) is 0 Å². The Morgan fingerprint density at radius 2 is 1.37 bits per heavy atom. The minimum atomic E-state index is -2.34. The molecule has 5 amide bonds. The molecule has 127 heavy (non-hydrogen) atoms. The summed E-state index contributed by atoms with van der Waals surface area (Å²) in [5.41, 5.74) is 9.29. The van der Waals surface area contributed by atoms with Gasteiger partial charge in [0.1, 0.15) is 108 Å². The minimum absolute atomic E-state index is 0. The molecule has 0 aliphatic carbocycles. The van der Waals surface area contributed by atoms with Crippen LogP contribution < -0.4 is 57.0 Å². The first-order valence-corrected chi connectivity index (χ1v) is 41.4. The lowest BCUT2D eigenvalue weighted by atomic mass is 9.84. The van der Waals surface area contributed by atoms with Gasteiger partial charge in [-0.25, -0.2) is 9.78 Å². The second-order valence-electron chi connectivity index (χ2n) is 32.7. The number of carboxylic acid groups (broad SMARTS) is 1. The molecule has 2 unspecified atom stereocenters. The Morgan fingerprint density at radius 1 is 0.693 bits per heavy atom. The summed E-state index contributed by atoms with van der Waals surface area (Å²) in [7, 11) is 1.48. The molecule has 0 spiro atoms. The van der Waals surface area contributed by atoms with Crippen molar-refractivity contribution in [1.82, 2.24) is 31.6 Å². The molecule has 6 aromatic carbocycles. The summed E-state index contributed by atoms with van der Waals surface area (Å²) in [4.78, 5) is 125. The molecule has 37 nitrogen and oxygen atoms in total. The predicted molar refractivity (Wildman–Crippen MR) is 448 cm³/mol. The number of phenolic OH excluding ortho intramolecular Hbond substituents is 3. The molecule has 39 heteroatoms. The molecule has 0 radical (unpaired) electrons. The summed E-state index contributed by atoms with van der Waals surface area (Å²) in [6.07, 6.45) is -28.3. The molecule has 15 rings (SSSR count). The van der Waals surface area contributed by atoms with E-state index in [1.165, 1.54) is 45.2 Å². The largest absolute Gasteiger partial charge is 0.508 e. The van der Waals surface area contributed by atoms with Crippen molar-refractivity contribution in [2.45, 2.75) is 220 Å². The highest BCUT2D eigenvalue weighted by Crippen LogP contribution is 2.51. The number of halogens is 2. The SMILES string of the molecule is C.CN[C@H](CC(C)C)C(=O)NC1C(=O)C[C@@H](CC(N)=O)C(=O)N[C@H]2C(=O)C[C@H]3C(=O)N[C@H](C(=O)N[C@@H](C(=O)O)c4cc(O)cc(O)c4-c4cc3ccc4O)[C@H](OC3C[C@](C)(N)[C@@H](O)[C@H](C)O3)c3ccc(c(Cl)c3)Oc3cc2cc(c3O[C@@H]2O[C@H](CO)[C@@H](O[C@@H]3O[C@H](CCCc4cccc(Oc5ccccn5)c4)[C@H](O)[C@H](O)[C@H]3O)[C@H](O)[C@H]2O)Oc2ccc(cc2Cl)[C@H]1O. The van der Waals surface area contributed by atoms with Gasteiger partial charge in [-0.2, -0.15) is 0 Å². The number of carboxylic acids is 1. The number of aliphatic hydroxyl groups is 8. The average Bonchev–Trinajstić information content (AvgIpc) is 0.771. The highest BCUT2D eigenvalue weighted by Gasteiger charge is 2.53.